The van der Waals surface area contributed by atoms with E-state index in [0.29, 0.717) is 31.0 Å². The minimum Gasteiger partial charge on any atom is -0.478 e. The fraction of sp³-hybridized carbons (Fsp3) is 0.212. The van der Waals surface area contributed by atoms with Crippen LogP contribution in [0, 0.1) is 0 Å². The highest BCUT2D eigenvalue weighted by atomic mass is 32.2. The monoisotopic (exact) mass is 555 g/mol. The number of carbonyl (C=O) groups excluding carboxylic acids is 1. The van der Waals surface area contributed by atoms with Gasteiger partial charge >= 0.3 is 12.1 Å². The third-order valence-corrected chi connectivity index (χ3v) is 6.84. The van der Waals surface area contributed by atoms with Crippen molar-refractivity contribution in [2.45, 2.75) is 49.1 Å². The molecule has 0 aromatic heterocycles. The molecule has 4 rings (SSSR count). The molecule has 1 N–H and O–H groups in total. The summed E-state index contributed by atoms with van der Waals surface area (Å²) < 4.78 is 11.6. The molecular weight excluding hydrogens is 522 g/mol. The predicted molar refractivity (Wildman–Crippen MR) is 157 cm³/mol. The van der Waals surface area contributed by atoms with E-state index in [1.807, 2.05) is 75.4 Å². The highest BCUT2D eigenvalue weighted by Crippen LogP contribution is 2.32. The lowest BCUT2D eigenvalue weighted by Gasteiger charge is -2.27. The van der Waals surface area contributed by atoms with Gasteiger partial charge in [0.15, 0.2) is 0 Å². The summed E-state index contributed by atoms with van der Waals surface area (Å²) in [5.41, 5.74) is 1.85. The predicted octanol–water partition coefficient (Wildman–Crippen LogP) is 8.31. The van der Waals surface area contributed by atoms with Gasteiger partial charge in [0.1, 0.15) is 17.1 Å². The van der Waals surface area contributed by atoms with Crippen LogP contribution in [-0.2, 0) is 17.7 Å². The second-order valence-electron chi connectivity index (χ2n) is 10.3. The van der Waals surface area contributed by atoms with E-state index in [1.165, 1.54) is 12.1 Å². The molecule has 0 radical (unpaired) electrons. The Bertz CT molecular complexity index is 1410. The molecule has 7 heteroatoms. The number of carboxylic acid groups (broad SMARTS) is 1. The van der Waals surface area contributed by atoms with Crippen LogP contribution in [0.3, 0.4) is 0 Å². The molecule has 0 aliphatic heterocycles. The Morgan fingerprint density at radius 2 is 1.48 bits per heavy atom. The maximum atomic E-state index is 12.9. The van der Waals surface area contributed by atoms with Gasteiger partial charge < -0.3 is 19.5 Å². The van der Waals surface area contributed by atoms with Gasteiger partial charge in [-0.15, -0.1) is 0 Å². The van der Waals surface area contributed by atoms with Crippen molar-refractivity contribution in [1.82, 2.24) is 4.90 Å². The number of nitrogens with zero attached hydrogens (tertiary/aromatic N) is 1. The van der Waals surface area contributed by atoms with Crippen molar-refractivity contribution < 1.29 is 24.2 Å². The average Bonchev–Trinajstić information content (AvgIpc) is 2.92. The van der Waals surface area contributed by atoms with Gasteiger partial charge in [-0.25, -0.2) is 9.59 Å². The van der Waals surface area contributed by atoms with Gasteiger partial charge in [0, 0.05) is 22.9 Å². The molecule has 0 fully saturated rings. The molecule has 1 amide bonds. The first-order chi connectivity index (χ1) is 19.1. The summed E-state index contributed by atoms with van der Waals surface area (Å²) in [6, 6.07) is 32.3. The summed E-state index contributed by atoms with van der Waals surface area (Å²) in [5, 5.41) is 9.06. The van der Waals surface area contributed by atoms with Crippen LogP contribution in [0.4, 0.5) is 4.79 Å². The molecule has 0 heterocycles. The van der Waals surface area contributed by atoms with Crippen LogP contribution < -0.4 is 4.74 Å². The Balaban J connectivity index is 1.36. The number of hydrogen-bond donors (Lipinski definition) is 1. The quantitative estimate of drug-likeness (QED) is 0.212. The Morgan fingerprint density at radius 3 is 2.12 bits per heavy atom. The van der Waals surface area contributed by atoms with Crippen LogP contribution in [0.5, 0.6) is 11.5 Å². The van der Waals surface area contributed by atoms with E-state index in [2.05, 4.69) is 24.3 Å². The van der Waals surface area contributed by atoms with Gasteiger partial charge in [-0.3, -0.25) is 0 Å². The molecule has 6 nitrogen and oxygen atoms in total. The van der Waals surface area contributed by atoms with Crippen LogP contribution in [0.25, 0.3) is 0 Å². The van der Waals surface area contributed by atoms with Crippen LogP contribution in [0.15, 0.2) is 113 Å². The number of benzene rings is 4. The maximum Gasteiger partial charge on any atom is 0.410 e. The van der Waals surface area contributed by atoms with Gasteiger partial charge in [-0.1, -0.05) is 60.3 Å². The number of aromatic carboxylic acids is 1. The largest absolute Gasteiger partial charge is 0.478 e. The minimum absolute atomic E-state index is 0.217. The number of rotatable bonds is 10. The third kappa shape index (κ3) is 8.92. The second-order valence-corrected chi connectivity index (χ2v) is 11.4. The van der Waals surface area contributed by atoms with Crippen molar-refractivity contribution in [3.63, 3.8) is 0 Å². The molecule has 0 saturated carbocycles. The Morgan fingerprint density at radius 1 is 0.775 bits per heavy atom. The average molecular weight is 556 g/mol. The fourth-order valence-corrected chi connectivity index (χ4v) is 4.76. The van der Waals surface area contributed by atoms with Crippen molar-refractivity contribution >= 4 is 23.8 Å². The topological polar surface area (TPSA) is 76.1 Å². The summed E-state index contributed by atoms with van der Waals surface area (Å²) in [7, 11) is 0. The first kappa shape index (κ1) is 28.8. The Labute approximate surface area is 239 Å². The number of amides is 1. The highest BCUT2D eigenvalue weighted by Gasteiger charge is 2.22. The summed E-state index contributed by atoms with van der Waals surface area (Å²) >= 11 is 1.62. The number of carbonyl (C=O) groups is 2. The van der Waals surface area contributed by atoms with E-state index in [-0.39, 0.29) is 11.7 Å². The third-order valence-electron chi connectivity index (χ3n) is 5.84. The van der Waals surface area contributed by atoms with Crippen LogP contribution in [-0.4, -0.2) is 34.2 Å². The van der Waals surface area contributed by atoms with Crippen LogP contribution in [0.2, 0.25) is 0 Å². The van der Waals surface area contributed by atoms with Gasteiger partial charge in [-0.2, -0.15) is 0 Å². The Hall–Kier alpha value is -4.23. The molecule has 4 aromatic carbocycles. The van der Waals surface area contributed by atoms with Crippen LogP contribution >= 0.6 is 11.8 Å². The number of carboxylic acids is 1. The van der Waals surface area contributed by atoms with E-state index >= 15 is 0 Å². The van der Waals surface area contributed by atoms with Crippen molar-refractivity contribution in [3.05, 3.63) is 120 Å². The SMILES string of the molecule is CC(C)(C)OC(=O)N(CCc1ccc(Sc2cccc(Oc3ccc(C(=O)O)cc3)c2)cc1)Cc1ccccc1. The zero-order valence-corrected chi connectivity index (χ0v) is 23.7. The Kier molecular flexibility index (Phi) is 9.51. The molecule has 0 unspecified atom stereocenters. The van der Waals surface area contributed by atoms with Gasteiger partial charge in [0.2, 0.25) is 0 Å². The van der Waals surface area contributed by atoms with Gasteiger partial charge in [0.05, 0.1) is 5.56 Å². The van der Waals surface area contributed by atoms with Crippen molar-refractivity contribution in [1.29, 1.82) is 0 Å². The maximum absolute atomic E-state index is 12.9. The van der Waals surface area contributed by atoms with Crippen LogP contribution in [0.1, 0.15) is 42.3 Å². The molecule has 0 spiro atoms. The molecule has 0 aliphatic rings. The summed E-state index contributed by atoms with van der Waals surface area (Å²) in [6.07, 6.45) is 0.393. The molecule has 206 valence electrons. The molecule has 0 aliphatic carbocycles. The van der Waals surface area contributed by atoms with Gasteiger partial charge in [0.25, 0.3) is 0 Å². The highest BCUT2D eigenvalue weighted by molar-refractivity contribution is 7.99. The lowest BCUT2D eigenvalue weighted by molar-refractivity contribution is 0.0235. The van der Waals surface area contributed by atoms with Crippen molar-refractivity contribution in [3.8, 4) is 11.5 Å². The molecular formula is C33H33NO5S. The fourth-order valence-electron chi connectivity index (χ4n) is 3.89. The van der Waals surface area contributed by atoms with E-state index in [0.717, 1.165) is 20.9 Å². The van der Waals surface area contributed by atoms with E-state index in [4.69, 9.17) is 14.6 Å². The van der Waals surface area contributed by atoms with Crippen molar-refractivity contribution in [2.75, 3.05) is 6.54 Å². The zero-order chi connectivity index (χ0) is 28.5. The summed E-state index contributed by atoms with van der Waals surface area (Å²) in [5.74, 6) is 0.276. The first-order valence-corrected chi connectivity index (χ1v) is 13.9. The number of hydrogen-bond acceptors (Lipinski definition) is 5. The summed E-state index contributed by atoms with van der Waals surface area (Å²) in [6.45, 7) is 6.67. The molecule has 0 atom stereocenters. The molecule has 4 aromatic rings. The van der Waals surface area contributed by atoms with E-state index < -0.39 is 11.6 Å². The molecule has 0 saturated heterocycles. The van der Waals surface area contributed by atoms with Crippen molar-refractivity contribution in [2.24, 2.45) is 0 Å². The smallest absolute Gasteiger partial charge is 0.410 e. The number of ether oxygens (including phenoxy) is 2. The normalized spacial score (nSPS) is 11.1. The summed E-state index contributed by atoms with van der Waals surface area (Å²) in [4.78, 5) is 27.8. The van der Waals surface area contributed by atoms with E-state index in [9.17, 15) is 9.59 Å². The lowest BCUT2D eigenvalue weighted by atomic mass is 10.1. The zero-order valence-electron chi connectivity index (χ0n) is 22.9. The second kappa shape index (κ2) is 13.2. The molecule has 0 bridgehead atoms. The lowest BCUT2D eigenvalue weighted by Crippen LogP contribution is -2.37. The standard InChI is InChI=1S/C33H33NO5S/c1-33(2,3)39-32(37)34(23-25-8-5-4-6-9-25)21-20-24-12-18-29(19-13-24)40-30-11-7-10-28(22-30)38-27-16-14-26(15-17-27)31(35)36/h4-19,22H,20-21,23H2,1-3H3,(H,35,36). The minimum atomic E-state index is -0.969. The first-order valence-electron chi connectivity index (χ1n) is 13.0. The van der Waals surface area contributed by atoms with E-state index in [1.54, 1.807) is 28.8 Å². The molecule has 40 heavy (non-hydrogen) atoms. The van der Waals surface area contributed by atoms with Gasteiger partial charge in [-0.05, 0) is 92.9 Å².